The van der Waals surface area contributed by atoms with E-state index in [4.69, 9.17) is 23.2 Å². The molecular weight excluding hydrogens is 411 g/mol. The van der Waals surface area contributed by atoms with Gasteiger partial charge in [-0.25, -0.2) is 9.78 Å². The molecule has 2 rings (SSSR count). The Balaban J connectivity index is 0.00000204. The zero-order chi connectivity index (χ0) is 22.3. The SMILES string of the molecule is C=Cc1c(N(C)C(=O)N(C)Cc2ccc(Cl)c(Cl)c2)nc(CC(=C)O)n1C.CC. The number of halogens is 2. The van der Waals surface area contributed by atoms with E-state index >= 15 is 0 Å². The summed E-state index contributed by atoms with van der Waals surface area (Å²) in [5.41, 5.74) is 1.53. The predicted molar refractivity (Wildman–Crippen MR) is 122 cm³/mol. The number of hydrogen-bond donors (Lipinski definition) is 1. The molecule has 0 bridgehead atoms. The van der Waals surface area contributed by atoms with Gasteiger partial charge in [0.15, 0.2) is 5.82 Å². The molecule has 8 heteroatoms. The molecule has 0 unspecified atom stereocenters. The van der Waals surface area contributed by atoms with Crippen LogP contribution in [0.5, 0.6) is 0 Å². The van der Waals surface area contributed by atoms with E-state index in [0.717, 1.165) is 5.56 Å². The van der Waals surface area contributed by atoms with Gasteiger partial charge in [0, 0.05) is 27.7 Å². The number of anilines is 1. The molecule has 0 aliphatic rings. The molecular formula is C21H28Cl2N4O2. The van der Waals surface area contributed by atoms with Crippen LogP contribution in [0.1, 0.15) is 30.9 Å². The highest BCUT2D eigenvalue weighted by molar-refractivity contribution is 6.42. The van der Waals surface area contributed by atoms with Crippen molar-refractivity contribution in [3.8, 4) is 0 Å². The third-order valence-electron chi connectivity index (χ3n) is 4.10. The zero-order valence-electron chi connectivity index (χ0n) is 17.5. The van der Waals surface area contributed by atoms with Gasteiger partial charge in [-0.05, 0) is 23.8 Å². The number of carbonyl (C=O) groups excluding carboxylic acids is 1. The van der Waals surface area contributed by atoms with Gasteiger partial charge >= 0.3 is 6.03 Å². The van der Waals surface area contributed by atoms with Gasteiger partial charge in [-0.1, -0.05) is 56.3 Å². The fourth-order valence-electron chi connectivity index (χ4n) is 2.69. The fourth-order valence-corrected chi connectivity index (χ4v) is 3.01. The topological polar surface area (TPSA) is 61.6 Å². The first kappa shape index (κ1) is 24.6. The van der Waals surface area contributed by atoms with Crippen molar-refractivity contribution in [1.29, 1.82) is 0 Å². The van der Waals surface area contributed by atoms with Crippen LogP contribution in [0.15, 0.2) is 37.1 Å². The molecule has 2 aromatic rings. The molecule has 0 radical (unpaired) electrons. The standard InChI is InChI=1S/C19H22Cl2N4O2.C2H6/c1-6-16-18(22-17(24(16)4)9-12(2)26)25(5)19(27)23(3)11-13-7-8-14(20)15(21)10-13;1-2/h6-8,10,26H,1-2,9,11H2,3-5H3;1-2H3. The number of amides is 2. The molecule has 1 heterocycles. The molecule has 6 nitrogen and oxygen atoms in total. The highest BCUT2D eigenvalue weighted by atomic mass is 35.5. The maximum Gasteiger partial charge on any atom is 0.325 e. The van der Waals surface area contributed by atoms with E-state index in [1.54, 1.807) is 48.8 Å². The lowest BCUT2D eigenvalue weighted by molar-refractivity contribution is 0.215. The van der Waals surface area contributed by atoms with Crippen LogP contribution >= 0.6 is 23.2 Å². The van der Waals surface area contributed by atoms with Crippen LogP contribution in [0.3, 0.4) is 0 Å². The summed E-state index contributed by atoms with van der Waals surface area (Å²) in [7, 11) is 5.12. The molecule has 0 fully saturated rings. The second-order valence-corrected chi connectivity index (χ2v) is 7.00. The Hall–Kier alpha value is -2.44. The maximum atomic E-state index is 12.9. The molecule has 1 aromatic heterocycles. The van der Waals surface area contributed by atoms with Crippen molar-refractivity contribution in [3.63, 3.8) is 0 Å². The Morgan fingerprint density at radius 1 is 1.28 bits per heavy atom. The summed E-state index contributed by atoms with van der Waals surface area (Å²) in [6, 6.07) is 4.99. The number of nitrogens with zero attached hydrogens (tertiary/aromatic N) is 4. The number of allylic oxidation sites excluding steroid dienone is 1. The van der Waals surface area contributed by atoms with E-state index < -0.39 is 0 Å². The van der Waals surface area contributed by atoms with Gasteiger partial charge in [0.05, 0.1) is 27.9 Å². The first-order chi connectivity index (χ1) is 13.6. The first-order valence-corrected chi connectivity index (χ1v) is 9.88. The molecule has 2 amide bonds. The Morgan fingerprint density at radius 3 is 2.41 bits per heavy atom. The van der Waals surface area contributed by atoms with Crippen molar-refractivity contribution < 1.29 is 9.90 Å². The second-order valence-electron chi connectivity index (χ2n) is 6.19. The van der Waals surface area contributed by atoms with Crippen molar-refractivity contribution in [2.75, 3.05) is 19.0 Å². The molecule has 0 atom stereocenters. The molecule has 0 saturated heterocycles. The van der Waals surface area contributed by atoms with Crippen molar-refractivity contribution >= 4 is 41.1 Å². The average Bonchev–Trinajstić information content (AvgIpc) is 2.99. The minimum Gasteiger partial charge on any atom is -0.512 e. The largest absolute Gasteiger partial charge is 0.512 e. The molecule has 1 N–H and O–H groups in total. The van der Waals surface area contributed by atoms with Gasteiger partial charge in [-0.15, -0.1) is 0 Å². The maximum absolute atomic E-state index is 12.9. The van der Waals surface area contributed by atoms with Crippen molar-refractivity contribution in [2.45, 2.75) is 26.8 Å². The van der Waals surface area contributed by atoms with E-state index in [-0.39, 0.29) is 18.2 Å². The van der Waals surface area contributed by atoms with Crippen LogP contribution in [-0.4, -0.2) is 39.7 Å². The summed E-state index contributed by atoms with van der Waals surface area (Å²) >= 11 is 12.0. The van der Waals surface area contributed by atoms with E-state index in [1.807, 2.05) is 19.9 Å². The Bertz CT molecular complexity index is 893. The number of carbonyl (C=O) groups is 1. The monoisotopic (exact) mass is 438 g/mol. The van der Waals surface area contributed by atoms with Gasteiger partial charge in [0.1, 0.15) is 5.82 Å². The Kier molecular flexibility index (Phi) is 9.27. The highest BCUT2D eigenvalue weighted by Gasteiger charge is 2.23. The first-order valence-electron chi connectivity index (χ1n) is 9.13. The third kappa shape index (κ3) is 6.02. The van der Waals surface area contributed by atoms with Crippen LogP contribution in [0, 0.1) is 0 Å². The number of hydrogen-bond acceptors (Lipinski definition) is 3. The number of urea groups is 1. The van der Waals surface area contributed by atoms with Gasteiger partial charge in [0.2, 0.25) is 0 Å². The Labute approximate surface area is 182 Å². The summed E-state index contributed by atoms with van der Waals surface area (Å²) < 4.78 is 1.77. The molecule has 0 aliphatic carbocycles. The zero-order valence-corrected chi connectivity index (χ0v) is 19.0. The number of aromatic nitrogens is 2. The lowest BCUT2D eigenvalue weighted by Crippen LogP contribution is -2.39. The quantitative estimate of drug-likeness (QED) is 0.588. The normalized spacial score (nSPS) is 10.0. The number of imidazole rings is 1. The highest BCUT2D eigenvalue weighted by Crippen LogP contribution is 2.25. The van der Waals surface area contributed by atoms with E-state index in [2.05, 4.69) is 18.1 Å². The number of aliphatic hydroxyl groups is 1. The van der Waals surface area contributed by atoms with Crippen molar-refractivity contribution in [1.82, 2.24) is 14.5 Å². The van der Waals surface area contributed by atoms with Crippen LogP contribution in [0.25, 0.3) is 6.08 Å². The van der Waals surface area contributed by atoms with E-state index in [9.17, 15) is 9.90 Å². The van der Waals surface area contributed by atoms with Gasteiger partial charge in [-0.3, -0.25) is 4.90 Å². The molecule has 0 saturated carbocycles. The van der Waals surface area contributed by atoms with Gasteiger partial charge in [0.25, 0.3) is 0 Å². The summed E-state index contributed by atoms with van der Waals surface area (Å²) in [6.45, 7) is 11.6. The minimum absolute atomic E-state index is 0.00373. The number of rotatable bonds is 6. The lowest BCUT2D eigenvalue weighted by Gasteiger charge is -2.24. The van der Waals surface area contributed by atoms with E-state index in [1.165, 1.54) is 4.90 Å². The summed E-state index contributed by atoms with van der Waals surface area (Å²) in [5, 5.41) is 10.4. The molecule has 29 heavy (non-hydrogen) atoms. The van der Waals surface area contributed by atoms with Crippen molar-refractivity contribution in [2.24, 2.45) is 7.05 Å². The molecule has 158 valence electrons. The minimum atomic E-state index is -0.253. The molecule has 0 spiro atoms. The summed E-state index contributed by atoms with van der Waals surface area (Å²) in [4.78, 5) is 20.3. The number of benzene rings is 1. The lowest BCUT2D eigenvalue weighted by atomic mass is 10.2. The van der Waals surface area contributed by atoms with Crippen LogP contribution in [0.2, 0.25) is 10.0 Å². The summed E-state index contributed by atoms with van der Waals surface area (Å²) in [6.07, 6.45) is 1.81. The average molecular weight is 439 g/mol. The number of aliphatic hydroxyl groups excluding tert-OH is 1. The summed E-state index contributed by atoms with van der Waals surface area (Å²) in [5.74, 6) is 1.03. The second kappa shape index (κ2) is 10.9. The Morgan fingerprint density at radius 2 is 1.90 bits per heavy atom. The molecule has 1 aromatic carbocycles. The predicted octanol–water partition coefficient (Wildman–Crippen LogP) is 5.70. The van der Waals surface area contributed by atoms with E-state index in [0.29, 0.717) is 33.9 Å². The van der Waals surface area contributed by atoms with Crippen LogP contribution < -0.4 is 4.90 Å². The molecule has 0 aliphatic heterocycles. The van der Waals surface area contributed by atoms with Crippen LogP contribution in [0.4, 0.5) is 10.6 Å². The van der Waals surface area contributed by atoms with Gasteiger partial charge in [-0.2, -0.15) is 0 Å². The third-order valence-corrected chi connectivity index (χ3v) is 4.84. The van der Waals surface area contributed by atoms with Gasteiger partial charge < -0.3 is 14.6 Å². The fraction of sp³-hybridized carbons (Fsp3) is 0.333. The van der Waals surface area contributed by atoms with Crippen LogP contribution in [-0.2, 0) is 20.0 Å². The van der Waals surface area contributed by atoms with Crippen molar-refractivity contribution in [3.05, 3.63) is 64.2 Å². The smallest absolute Gasteiger partial charge is 0.325 e.